The average Bonchev–Trinajstić information content (AvgIpc) is 3.69. The van der Waals surface area contributed by atoms with Gasteiger partial charge in [0, 0.05) is 5.92 Å². The standard InChI is InChI=1S/C74H58/c1-6-20-54(21-7-1)56-40-36-52(37-41-56)50-60(55-22-8-2-9-23-55)42-38-53-39-47-68-66-33-18-31-63(57-24-10-3-11-25-57)67(66)49-48-64(70(68)51-53)58-43-45-59(46-44-58)65-32-19-35-72-73(65)69-30-16-17-34-71(69)74(72,61-26-12-4-13-27-61)62-28-14-5-15-29-62/h1-37,39-41,43-47,51,60,64H,38,42,48-50H2. The predicted octanol–water partition coefficient (Wildman–Crippen LogP) is 18.8. The normalized spacial score (nSPS) is 14.5. The van der Waals surface area contributed by atoms with Gasteiger partial charge in [0.15, 0.2) is 0 Å². The molecule has 0 fully saturated rings. The Kier molecular flexibility index (Phi) is 12.1. The molecule has 0 N–H and O–H groups in total. The van der Waals surface area contributed by atoms with E-state index in [1.165, 1.54) is 111 Å². The van der Waals surface area contributed by atoms with Crippen LogP contribution in [0.3, 0.4) is 0 Å². The maximum Gasteiger partial charge on any atom is 0.0713 e. The van der Waals surface area contributed by atoms with E-state index >= 15 is 0 Å². The lowest BCUT2D eigenvalue weighted by molar-refractivity contribution is 0.620. The second-order valence-electron chi connectivity index (χ2n) is 20.5. The highest BCUT2D eigenvalue weighted by molar-refractivity contribution is 5.95. The Hall–Kier alpha value is -8.58. The first kappa shape index (κ1) is 45.3. The Balaban J connectivity index is 0.872. The van der Waals surface area contributed by atoms with Crippen LogP contribution in [0.1, 0.15) is 80.3 Å². The van der Waals surface area contributed by atoms with Gasteiger partial charge in [-0.25, -0.2) is 0 Å². The van der Waals surface area contributed by atoms with Gasteiger partial charge >= 0.3 is 0 Å². The monoisotopic (exact) mass is 946 g/mol. The Morgan fingerprint density at radius 1 is 0.378 bits per heavy atom. The molecule has 0 radical (unpaired) electrons. The fourth-order valence-electron chi connectivity index (χ4n) is 12.9. The fraction of sp³-hybridized carbons (Fsp3) is 0.108. The van der Waals surface area contributed by atoms with Crippen molar-refractivity contribution in [1.29, 1.82) is 0 Å². The molecule has 0 heterocycles. The minimum Gasteiger partial charge on any atom is -0.0622 e. The maximum absolute atomic E-state index is 2.59. The van der Waals surface area contributed by atoms with Crippen LogP contribution in [-0.2, 0) is 24.7 Å². The minimum absolute atomic E-state index is 0.231. The van der Waals surface area contributed by atoms with E-state index in [2.05, 4.69) is 279 Å². The molecular formula is C74H58. The van der Waals surface area contributed by atoms with E-state index in [1.807, 2.05) is 0 Å². The number of rotatable bonds is 12. The molecule has 2 unspecified atom stereocenters. The number of hydrogen-bond acceptors (Lipinski definition) is 0. The molecule has 2 atom stereocenters. The lowest BCUT2D eigenvalue weighted by atomic mass is 9.67. The molecule has 11 aromatic carbocycles. The summed E-state index contributed by atoms with van der Waals surface area (Å²) in [7, 11) is 0. The van der Waals surface area contributed by atoms with Crippen LogP contribution in [0.2, 0.25) is 0 Å². The number of benzene rings is 11. The Labute approximate surface area is 437 Å². The van der Waals surface area contributed by atoms with Gasteiger partial charge < -0.3 is 0 Å². The van der Waals surface area contributed by atoms with Crippen LogP contribution in [0.15, 0.2) is 279 Å². The summed E-state index contributed by atoms with van der Waals surface area (Å²) >= 11 is 0. The van der Waals surface area contributed by atoms with E-state index in [-0.39, 0.29) is 5.92 Å². The summed E-state index contributed by atoms with van der Waals surface area (Å²) in [5, 5.41) is 0. The van der Waals surface area contributed by atoms with Crippen LogP contribution in [0.25, 0.3) is 55.6 Å². The van der Waals surface area contributed by atoms with E-state index in [0.717, 1.165) is 32.1 Å². The summed E-state index contributed by atoms with van der Waals surface area (Å²) < 4.78 is 0. The molecule has 354 valence electrons. The van der Waals surface area contributed by atoms with E-state index in [9.17, 15) is 0 Å². The van der Waals surface area contributed by atoms with Gasteiger partial charge in [0.25, 0.3) is 0 Å². The van der Waals surface area contributed by atoms with Crippen molar-refractivity contribution in [3.05, 3.63) is 335 Å². The second kappa shape index (κ2) is 19.8. The molecule has 0 aliphatic heterocycles. The van der Waals surface area contributed by atoms with Gasteiger partial charge in [-0.2, -0.15) is 0 Å². The molecule has 0 saturated carbocycles. The molecule has 2 aliphatic carbocycles. The van der Waals surface area contributed by atoms with E-state index in [1.54, 1.807) is 0 Å². The van der Waals surface area contributed by atoms with Crippen molar-refractivity contribution in [2.45, 2.75) is 49.4 Å². The molecule has 11 aromatic rings. The average molecular weight is 947 g/mol. The molecule has 13 rings (SSSR count). The first-order valence-electron chi connectivity index (χ1n) is 26.7. The lowest BCUT2D eigenvalue weighted by Gasteiger charge is -2.34. The number of aryl methyl sites for hydroxylation is 1. The zero-order valence-corrected chi connectivity index (χ0v) is 41.7. The smallest absolute Gasteiger partial charge is 0.0622 e. The highest BCUT2D eigenvalue weighted by atomic mass is 14.5. The minimum atomic E-state index is -0.435. The third kappa shape index (κ3) is 8.22. The summed E-state index contributed by atoms with van der Waals surface area (Å²) in [6.07, 6.45) is 5.11. The highest BCUT2D eigenvalue weighted by Crippen LogP contribution is 2.58. The van der Waals surface area contributed by atoms with Crippen molar-refractivity contribution in [1.82, 2.24) is 0 Å². The molecule has 0 spiro atoms. The molecule has 0 amide bonds. The summed E-state index contributed by atoms with van der Waals surface area (Å²) in [5.74, 6) is 0.626. The third-order valence-electron chi connectivity index (χ3n) is 16.4. The van der Waals surface area contributed by atoms with Gasteiger partial charge in [0.2, 0.25) is 0 Å². The van der Waals surface area contributed by atoms with Crippen LogP contribution in [0, 0.1) is 0 Å². The SMILES string of the molecule is c1ccc(-c2ccc(CC(CCc3ccc4c(c3)C(c3ccc(-c5cccc6c5-c5ccccc5C6(c5ccccc5)c5ccccc5)cc3)CCc3c(-c5ccccc5)cccc3-4)c3ccccc3)cc2)cc1. The van der Waals surface area contributed by atoms with Crippen molar-refractivity contribution in [3.8, 4) is 55.6 Å². The summed E-state index contributed by atoms with van der Waals surface area (Å²) in [5.41, 5.74) is 26.3. The molecule has 0 aromatic heterocycles. The largest absolute Gasteiger partial charge is 0.0713 e. The van der Waals surface area contributed by atoms with Gasteiger partial charge in [0.1, 0.15) is 0 Å². The second-order valence-corrected chi connectivity index (χ2v) is 20.5. The Morgan fingerprint density at radius 2 is 0.892 bits per heavy atom. The van der Waals surface area contributed by atoms with Crippen LogP contribution >= 0.6 is 0 Å². The topological polar surface area (TPSA) is 0 Å². The molecule has 0 saturated heterocycles. The zero-order valence-electron chi connectivity index (χ0n) is 41.7. The summed E-state index contributed by atoms with van der Waals surface area (Å²) in [4.78, 5) is 0. The molecular weight excluding hydrogens is 889 g/mol. The molecule has 2 aliphatic rings. The lowest BCUT2D eigenvalue weighted by Crippen LogP contribution is -2.28. The van der Waals surface area contributed by atoms with Crippen molar-refractivity contribution >= 4 is 0 Å². The van der Waals surface area contributed by atoms with Gasteiger partial charge in [-0.1, -0.05) is 279 Å². The highest BCUT2D eigenvalue weighted by Gasteiger charge is 2.46. The third-order valence-corrected chi connectivity index (χ3v) is 16.4. The molecule has 0 nitrogen and oxygen atoms in total. The number of hydrogen-bond donors (Lipinski definition) is 0. The van der Waals surface area contributed by atoms with Crippen LogP contribution < -0.4 is 0 Å². The molecule has 74 heavy (non-hydrogen) atoms. The van der Waals surface area contributed by atoms with Crippen molar-refractivity contribution < 1.29 is 0 Å². The Bertz CT molecular complexity index is 3670. The Morgan fingerprint density at radius 3 is 1.59 bits per heavy atom. The van der Waals surface area contributed by atoms with E-state index < -0.39 is 5.41 Å². The summed E-state index contributed by atoms with van der Waals surface area (Å²) in [6.45, 7) is 0. The summed E-state index contributed by atoms with van der Waals surface area (Å²) in [6, 6.07) is 105. The fourth-order valence-corrected chi connectivity index (χ4v) is 12.9. The van der Waals surface area contributed by atoms with Crippen molar-refractivity contribution in [2.24, 2.45) is 0 Å². The first-order valence-corrected chi connectivity index (χ1v) is 26.7. The number of fused-ring (bicyclic) bond motifs is 6. The van der Waals surface area contributed by atoms with Gasteiger partial charge in [-0.3, -0.25) is 0 Å². The van der Waals surface area contributed by atoms with Gasteiger partial charge in [0.05, 0.1) is 5.41 Å². The van der Waals surface area contributed by atoms with Crippen molar-refractivity contribution in [3.63, 3.8) is 0 Å². The first-order chi connectivity index (χ1) is 36.7. The van der Waals surface area contributed by atoms with Crippen LogP contribution in [0.4, 0.5) is 0 Å². The van der Waals surface area contributed by atoms with Crippen molar-refractivity contribution in [2.75, 3.05) is 0 Å². The molecule has 0 bridgehead atoms. The van der Waals surface area contributed by atoms with Crippen LogP contribution in [0.5, 0.6) is 0 Å². The van der Waals surface area contributed by atoms with E-state index in [0.29, 0.717) is 5.92 Å². The van der Waals surface area contributed by atoms with Crippen LogP contribution in [-0.4, -0.2) is 0 Å². The van der Waals surface area contributed by atoms with Gasteiger partial charge in [-0.15, -0.1) is 0 Å². The molecule has 0 heteroatoms. The van der Waals surface area contributed by atoms with E-state index in [4.69, 9.17) is 0 Å². The van der Waals surface area contributed by atoms with Gasteiger partial charge in [-0.05, 0) is 149 Å². The zero-order chi connectivity index (χ0) is 49.3. The maximum atomic E-state index is 2.59. The predicted molar refractivity (Wildman–Crippen MR) is 310 cm³/mol. The quantitative estimate of drug-likeness (QED) is 0.114.